The summed E-state index contributed by atoms with van der Waals surface area (Å²) in [5.74, 6) is 0.300. The van der Waals surface area contributed by atoms with Crippen LogP contribution in [-0.2, 0) is 0 Å². The Kier molecular flexibility index (Phi) is 2.67. The molecule has 2 aromatic rings. The molecule has 2 rings (SSSR count). The lowest BCUT2D eigenvalue weighted by Gasteiger charge is -2.03. The molecule has 0 aliphatic heterocycles. The van der Waals surface area contributed by atoms with Gasteiger partial charge in [0.25, 0.3) is 0 Å². The normalized spacial score (nSPS) is 10.7. The summed E-state index contributed by atoms with van der Waals surface area (Å²) in [4.78, 5) is 3.90. The molecule has 0 aliphatic rings. The Morgan fingerprint density at radius 3 is 2.67 bits per heavy atom. The van der Waals surface area contributed by atoms with E-state index in [-0.39, 0.29) is 5.02 Å². The maximum Gasteiger partial charge on any atom is 0.191 e. The third-order valence-corrected chi connectivity index (χ3v) is 2.60. The van der Waals surface area contributed by atoms with Crippen LogP contribution in [0.1, 0.15) is 5.89 Å². The SMILES string of the molecule is Cc1ncc(-c2c(Cl)ccc(F)c2Cl)o1. The Bertz CT molecular complexity index is 510. The maximum absolute atomic E-state index is 13.2. The van der Waals surface area contributed by atoms with Gasteiger partial charge in [-0.2, -0.15) is 0 Å². The van der Waals surface area contributed by atoms with Gasteiger partial charge < -0.3 is 4.42 Å². The fourth-order valence-electron chi connectivity index (χ4n) is 1.23. The number of nitrogens with zero attached hydrogens (tertiary/aromatic N) is 1. The van der Waals surface area contributed by atoms with E-state index in [2.05, 4.69) is 4.98 Å². The molecule has 15 heavy (non-hydrogen) atoms. The third-order valence-electron chi connectivity index (χ3n) is 1.91. The number of hydrogen-bond acceptors (Lipinski definition) is 2. The molecular weight excluding hydrogens is 240 g/mol. The fraction of sp³-hybridized carbons (Fsp3) is 0.100. The van der Waals surface area contributed by atoms with Crippen molar-refractivity contribution in [3.05, 3.63) is 40.1 Å². The molecule has 0 fully saturated rings. The van der Waals surface area contributed by atoms with E-state index in [1.165, 1.54) is 18.3 Å². The van der Waals surface area contributed by atoms with E-state index in [0.717, 1.165) is 0 Å². The van der Waals surface area contributed by atoms with Gasteiger partial charge in [-0.05, 0) is 12.1 Å². The zero-order chi connectivity index (χ0) is 11.0. The van der Waals surface area contributed by atoms with Crippen molar-refractivity contribution >= 4 is 23.2 Å². The Morgan fingerprint density at radius 1 is 1.33 bits per heavy atom. The maximum atomic E-state index is 13.2. The second kappa shape index (κ2) is 3.83. The van der Waals surface area contributed by atoms with Crippen LogP contribution in [0.15, 0.2) is 22.7 Å². The van der Waals surface area contributed by atoms with Gasteiger partial charge >= 0.3 is 0 Å². The zero-order valence-corrected chi connectivity index (χ0v) is 9.23. The molecule has 0 saturated carbocycles. The number of hydrogen-bond donors (Lipinski definition) is 0. The molecule has 0 spiro atoms. The van der Waals surface area contributed by atoms with Crippen molar-refractivity contribution in [1.82, 2.24) is 4.98 Å². The third kappa shape index (κ3) is 1.85. The van der Waals surface area contributed by atoms with E-state index >= 15 is 0 Å². The molecule has 78 valence electrons. The first-order valence-electron chi connectivity index (χ1n) is 4.16. The average Bonchev–Trinajstić information content (AvgIpc) is 2.59. The van der Waals surface area contributed by atoms with E-state index in [0.29, 0.717) is 22.2 Å². The molecule has 1 aromatic heterocycles. The van der Waals surface area contributed by atoms with Gasteiger partial charge in [-0.3, -0.25) is 0 Å². The first kappa shape index (κ1) is 10.5. The van der Waals surface area contributed by atoms with Gasteiger partial charge in [-0.25, -0.2) is 9.37 Å². The van der Waals surface area contributed by atoms with Gasteiger partial charge in [0.15, 0.2) is 11.7 Å². The van der Waals surface area contributed by atoms with E-state index in [9.17, 15) is 4.39 Å². The zero-order valence-electron chi connectivity index (χ0n) is 7.72. The summed E-state index contributed by atoms with van der Waals surface area (Å²) in [6, 6.07) is 2.63. The standard InChI is InChI=1S/C10H6Cl2FNO/c1-5-14-4-8(15-5)9-6(11)2-3-7(13)10(9)12/h2-4H,1H3. The van der Waals surface area contributed by atoms with Crippen molar-refractivity contribution in [3.8, 4) is 11.3 Å². The monoisotopic (exact) mass is 245 g/mol. The van der Waals surface area contributed by atoms with Crippen LogP contribution in [0.5, 0.6) is 0 Å². The van der Waals surface area contributed by atoms with Crippen LogP contribution in [0.25, 0.3) is 11.3 Å². The van der Waals surface area contributed by atoms with E-state index in [1.807, 2.05) is 0 Å². The van der Waals surface area contributed by atoms with Crippen LogP contribution in [0.2, 0.25) is 10.0 Å². The molecule has 0 saturated heterocycles. The van der Waals surface area contributed by atoms with Crippen LogP contribution in [0.4, 0.5) is 4.39 Å². The number of aryl methyl sites for hydroxylation is 1. The summed E-state index contributed by atoms with van der Waals surface area (Å²) in [5, 5.41) is 0.274. The lowest BCUT2D eigenvalue weighted by molar-refractivity contribution is 0.533. The van der Waals surface area contributed by atoms with Crippen LogP contribution in [-0.4, -0.2) is 4.98 Å². The van der Waals surface area contributed by atoms with Crippen molar-refractivity contribution in [2.45, 2.75) is 6.92 Å². The van der Waals surface area contributed by atoms with Gasteiger partial charge in [-0.15, -0.1) is 0 Å². The van der Waals surface area contributed by atoms with Crippen molar-refractivity contribution < 1.29 is 8.81 Å². The first-order valence-corrected chi connectivity index (χ1v) is 4.91. The highest BCUT2D eigenvalue weighted by Crippen LogP contribution is 2.36. The predicted molar refractivity (Wildman–Crippen MR) is 56.7 cm³/mol. The Morgan fingerprint density at radius 2 is 2.07 bits per heavy atom. The number of aromatic nitrogens is 1. The Balaban J connectivity index is 2.66. The van der Waals surface area contributed by atoms with Crippen molar-refractivity contribution in [2.75, 3.05) is 0 Å². The van der Waals surface area contributed by atoms with Crippen LogP contribution in [0, 0.1) is 12.7 Å². The summed E-state index contributed by atoms with van der Waals surface area (Å²) < 4.78 is 18.4. The molecule has 2 nitrogen and oxygen atoms in total. The van der Waals surface area contributed by atoms with Crippen molar-refractivity contribution in [1.29, 1.82) is 0 Å². The molecule has 0 unspecified atom stereocenters. The molecule has 5 heteroatoms. The molecule has 0 atom stereocenters. The largest absolute Gasteiger partial charge is 0.441 e. The highest BCUT2D eigenvalue weighted by atomic mass is 35.5. The summed E-state index contributed by atoms with van der Waals surface area (Å²) in [6.07, 6.45) is 1.46. The lowest BCUT2D eigenvalue weighted by Crippen LogP contribution is -1.83. The van der Waals surface area contributed by atoms with Gasteiger partial charge in [0, 0.05) is 6.92 Å². The smallest absolute Gasteiger partial charge is 0.191 e. The van der Waals surface area contributed by atoms with Crippen molar-refractivity contribution in [2.24, 2.45) is 0 Å². The van der Waals surface area contributed by atoms with E-state index in [4.69, 9.17) is 27.6 Å². The van der Waals surface area contributed by atoms with Gasteiger partial charge in [0.05, 0.1) is 21.8 Å². The predicted octanol–water partition coefficient (Wildman–Crippen LogP) is 4.10. The quantitative estimate of drug-likeness (QED) is 0.708. The summed E-state index contributed by atoms with van der Waals surface area (Å²) >= 11 is 11.7. The van der Waals surface area contributed by atoms with Crippen molar-refractivity contribution in [3.63, 3.8) is 0 Å². The number of oxazole rings is 1. The second-order valence-corrected chi connectivity index (χ2v) is 3.75. The molecule has 0 radical (unpaired) electrons. The molecule has 1 aromatic carbocycles. The molecule has 1 heterocycles. The second-order valence-electron chi connectivity index (χ2n) is 2.96. The number of benzene rings is 1. The molecule has 0 bridgehead atoms. The van der Waals surface area contributed by atoms with Gasteiger partial charge in [0.1, 0.15) is 5.82 Å². The van der Waals surface area contributed by atoms with Gasteiger partial charge in [0.2, 0.25) is 0 Å². The highest BCUT2D eigenvalue weighted by Gasteiger charge is 2.15. The Hall–Kier alpha value is -1.06. The van der Waals surface area contributed by atoms with E-state index < -0.39 is 5.82 Å². The Labute approximate surface area is 95.6 Å². The van der Waals surface area contributed by atoms with Gasteiger partial charge in [-0.1, -0.05) is 23.2 Å². The minimum atomic E-state index is -0.537. The van der Waals surface area contributed by atoms with Crippen LogP contribution >= 0.6 is 23.2 Å². The first-order chi connectivity index (χ1) is 7.09. The van der Waals surface area contributed by atoms with Crippen LogP contribution in [0.3, 0.4) is 0 Å². The highest BCUT2D eigenvalue weighted by molar-refractivity contribution is 6.39. The number of halogens is 3. The summed E-state index contributed by atoms with van der Waals surface area (Å²) in [5.41, 5.74) is 0.332. The minimum Gasteiger partial charge on any atom is -0.441 e. The molecule has 0 aliphatic carbocycles. The topological polar surface area (TPSA) is 26.0 Å². The fourth-order valence-corrected chi connectivity index (χ4v) is 1.79. The minimum absolute atomic E-state index is 0.0568. The summed E-state index contributed by atoms with van der Waals surface area (Å²) in [7, 11) is 0. The van der Waals surface area contributed by atoms with E-state index in [1.54, 1.807) is 6.92 Å². The average molecular weight is 246 g/mol. The summed E-state index contributed by atoms with van der Waals surface area (Å²) in [6.45, 7) is 1.69. The number of rotatable bonds is 1. The molecule has 0 amide bonds. The van der Waals surface area contributed by atoms with Crippen LogP contribution < -0.4 is 0 Å². The molecule has 0 N–H and O–H groups in total. The lowest BCUT2D eigenvalue weighted by atomic mass is 10.2. The molecular formula is C10H6Cl2FNO.